The SMILES string of the molecule is C=CCN(CC=C)C(=O)COCCOCCOCC(=O)N(CC=C)CC=C.C=CCNCC=C.O=C(O)COCCOCCOCC(=O)O. The molecule has 0 radical (unpaired) electrons. The van der Waals surface area contributed by atoms with Gasteiger partial charge in [0.2, 0.25) is 11.8 Å². The highest BCUT2D eigenvalue weighted by Crippen LogP contribution is 1.94. The van der Waals surface area contributed by atoms with Crippen LogP contribution in [0, 0.1) is 0 Å². The molecule has 0 aromatic heterocycles. The standard InChI is InChI=1S/C20H32N2O5.C8H14O7.C6H11N/c1-5-9-21(10-6-2)19(23)17-26-15-13-25-14-16-27-18-20(24)22(11-7-3)12-8-4;9-7(10)5-14-3-1-13-2-4-15-6-8(11)12;1-3-5-7-6-4-2/h5-8H,1-4,9-18H2;1-6H2,(H,9,10)(H,11,12);3-4,7H,1-2,5-6H2. The van der Waals surface area contributed by atoms with Crippen molar-refractivity contribution in [3.63, 3.8) is 0 Å². The van der Waals surface area contributed by atoms with E-state index in [2.05, 4.69) is 54.3 Å². The van der Waals surface area contributed by atoms with Crippen LogP contribution in [0.25, 0.3) is 0 Å². The number of carbonyl (C=O) groups is 4. The van der Waals surface area contributed by atoms with Crippen molar-refractivity contribution in [2.24, 2.45) is 0 Å². The maximum atomic E-state index is 11.9. The van der Waals surface area contributed by atoms with Crippen LogP contribution < -0.4 is 5.32 Å². The Labute approximate surface area is 291 Å². The smallest absolute Gasteiger partial charge is 0.329 e. The summed E-state index contributed by atoms with van der Waals surface area (Å²) < 4.78 is 30.3. The summed E-state index contributed by atoms with van der Waals surface area (Å²) in [4.78, 5) is 47.0. The van der Waals surface area contributed by atoms with Gasteiger partial charge in [0.25, 0.3) is 0 Å². The number of carbonyl (C=O) groups excluding carboxylic acids is 2. The lowest BCUT2D eigenvalue weighted by atomic mass is 10.4. The molecule has 0 spiro atoms. The summed E-state index contributed by atoms with van der Waals surface area (Å²) in [5.74, 6) is -2.31. The molecule has 0 rings (SSSR count). The average molecular weight is 700 g/mol. The van der Waals surface area contributed by atoms with E-state index in [1.165, 1.54) is 0 Å². The number of hydrogen-bond acceptors (Lipinski definition) is 11. The van der Waals surface area contributed by atoms with Crippen molar-refractivity contribution >= 4 is 23.8 Å². The quantitative estimate of drug-likeness (QED) is 0.0681. The predicted octanol–water partition coefficient (Wildman–Crippen LogP) is 1.59. The molecule has 0 bridgehead atoms. The minimum atomic E-state index is -1.03. The van der Waals surface area contributed by atoms with Crippen molar-refractivity contribution in [1.29, 1.82) is 0 Å². The molecule has 0 aromatic rings. The van der Waals surface area contributed by atoms with Crippen molar-refractivity contribution in [3.05, 3.63) is 75.9 Å². The maximum Gasteiger partial charge on any atom is 0.329 e. The zero-order valence-electron chi connectivity index (χ0n) is 28.8. The van der Waals surface area contributed by atoms with E-state index in [-0.39, 0.29) is 64.7 Å². The number of carboxylic acid groups (broad SMARTS) is 2. The molecule has 0 aromatic carbocycles. The van der Waals surface area contributed by atoms with E-state index < -0.39 is 11.9 Å². The third kappa shape index (κ3) is 40.1. The van der Waals surface area contributed by atoms with Crippen molar-refractivity contribution < 1.29 is 57.8 Å². The van der Waals surface area contributed by atoms with Crippen LogP contribution in [0.2, 0.25) is 0 Å². The number of carboxylic acids is 2. The van der Waals surface area contributed by atoms with Gasteiger partial charge in [0.15, 0.2) is 0 Å². The third-order valence-corrected chi connectivity index (χ3v) is 5.07. The maximum absolute atomic E-state index is 11.9. The average Bonchev–Trinajstić information content (AvgIpc) is 3.07. The fraction of sp³-hybridized carbons (Fsp3) is 0.529. The highest BCUT2D eigenvalue weighted by Gasteiger charge is 2.11. The van der Waals surface area contributed by atoms with Gasteiger partial charge in [0, 0.05) is 39.3 Å². The molecule has 0 saturated heterocycles. The van der Waals surface area contributed by atoms with E-state index >= 15 is 0 Å². The van der Waals surface area contributed by atoms with Crippen molar-refractivity contribution in [3.8, 4) is 0 Å². The van der Waals surface area contributed by atoms with Gasteiger partial charge in [0.05, 0.1) is 52.9 Å². The van der Waals surface area contributed by atoms with Crippen LogP contribution in [-0.4, -0.2) is 162 Å². The predicted molar refractivity (Wildman–Crippen MR) is 187 cm³/mol. The van der Waals surface area contributed by atoms with E-state index in [0.717, 1.165) is 13.1 Å². The molecule has 15 heteroatoms. The second-order valence-corrected chi connectivity index (χ2v) is 9.21. The summed E-state index contributed by atoms with van der Waals surface area (Å²) in [6.45, 7) is 26.5. The molecular formula is C34H57N3O12. The Hall–Kier alpha value is -3.96. The summed E-state index contributed by atoms with van der Waals surface area (Å²) in [6, 6.07) is 0. The fourth-order valence-corrected chi connectivity index (χ4v) is 2.96. The normalized spacial score (nSPS) is 9.80. The first-order valence-electron chi connectivity index (χ1n) is 15.5. The molecule has 3 N–H and O–H groups in total. The Bertz CT molecular complexity index is 840. The van der Waals surface area contributed by atoms with Gasteiger partial charge < -0.3 is 53.8 Å². The van der Waals surface area contributed by atoms with Gasteiger partial charge in [-0.15, -0.1) is 39.5 Å². The lowest BCUT2D eigenvalue weighted by Crippen LogP contribution is -2.34. The molecule has 49 heavy (non-hydrogen) atoms. The Morgan fingerprint density at radius 3 is 0.959 bits per heavy atom. The van der Waals surface area contributed by atoms with E-state index in [1.54, 1.807) is 34.1 Å². The minimum Gasteiger partial charge on any atom is -0.480 e. The zero-order valence-corrected chi connectivity index (χ0v) is 28.8. The minimum absolute atomic E-state index is 0.0154. The molecule has 15 nitrogen and oxygen atoms in total. The van der Waals surface area contributed by atoms with Gasteiger partial charge in [-0.05, 0) is 0 Å². The molecule has 0 aliphatic heterocycles. The van der Waals surface area contributed by atoms with Crippen LogP contribution in [-0.2, 0) is 47.6 Å². The van der Waals surface area contributed by atoms with Crippen LogP contribution in [0.5, 0.6) is 0 Å². The Morgan fingerprint density at radius 1 is 0.449 bits per heavy atom. The Balaban J connectivity index is -0.000000799. The molecule has 0 saturated carbocycles. The zero-order chi connectivity index (χ0) is 37.4. The molecule has 0 aliphatic rings. The van der Waals surface area contributed by atoms with E-state index in [4.69, 9.17) is 29.2 Å². The Kier molecular flexibility index (Phi) is 40.6. The summed E-state index contributed by atoms with van der Waals surface area (Å²) in [5.41, 5.74) is 0. The summed E-state index contributed by atoms with van der Waals surface area (Å²) in [6.07, 6.45) is 10.3. The number of hydrogen-bond donors (Lipinski definition) is 3. The second kappa shape index (κ2) is 40.2. The molecule has 0 fully saturated rings. The molecule has 0 heterocycles. The first kappa shape index (κ1) is 49.4. The topological polar surface area (TPSA) is 183 Å². The molecule has 280 valence electrons. The second-order valence-electron chi connectivity index (χ2n) is 9.21. The number of nitrogens with zero attached hydrogens (tertiary/aromatic N) is 2. The van der Waals surface area contributed by atoms with Crippen molar-refractivity contribution in [1.82, 2.24) is 15.1 Å². The van der Waals surface area contributed by atoms with E-state index in [1.807, 2.05) is 12.2 Å². The third-order valence-electron chi connectivity index (χ3n) is 5.07. The van der Waals surface area contributed by atoms with Crippen LogP contribution in [0.3, 0.4) is 0 Å². The van der Waals surface area contributed by atoms with Crippen molar-refractivity contribution in [2.75, 3.05) is 119 Å². The Morgan fingerprint density at radius 2 is 0.714 bits per heavy atom. The highest BCUT2D eigenvalue weighted by molar-refractivity contribution is 5.78. The summed E-state index contributed by atoms with van der Waals surface area (Å²) in [7, 11) is 0. The van der Waals surface area contributed by atoms with Gasteiger partial charge in [-0.2, -0.15) is 0 Å². The first-order chi connectivity index (χ1) is 23.6. The molecular weight excluding hydrogens is 642 g/mol. The first-order valence-corrected chi connectivity index (χ1v) is 15.5. The molecule has 0 atom stereocenters. The number of nitrogens with one attached hydrogen (secondary N) is 1. The van der Waals surface area contributed by atoms with Gasteiger partial charge in [-0.25, -0.2) is 9.59 Å². The van der Waals surface area contributed by atoms with Gasteiger partial charge >= 0.3 is 11.9 Å². The fourth-order valence-electron chi connectivity index (χ4n) is 2.96. The monoisotopic (exact) mass is 699 g/mol. The summed E-state index contributed by atoms with van der Waals surface area (Å²) >= 11 is 0. The molecule has 0 unspecified atom stereocenters. The van der Waals surface area contributed by atoms with Crippen LogP contribution in [0.15, 0.2) is 75.9 Å². The largest absolute Gasteiger partial charge is 0.480 e. The number of ether oxygens (including phenoxy) is 6. The van der Waals surface area contributed by atoms with Gasteiger partial charge in [-0.3, -0.25) is 9.59 Å². The van der Waals surface area contributed by atoms with Crippen LogP contribution in [0.1, 0.15) is 0 Å². The number of aliphatic carboxylic acids is 2. The van der Waals surface area contributed by atoms with E-state index in [9.17, 15) is 19.2 Å². The number of amides is 2. The van der Waals surface area contributed by atoms with E-state index in [0.29, 0.717) is 52.6 Å². The molecule has 0 aliphatic carbocycles. The van der Waals surface area contributed by atoms with Gasteiger partial charge in [-0.1, -0.05) is 36.5 Å². The number of rotatable bonds is 32. The summed E-state index contributed by atoms with van der Waals surface area (Å²) in [5, 5.41) is 19.4. The molecule has 2 amide bonds. The lowest BCUT2D eigenvalue weighted by Gasteiger charge is -2.19. The van der Waals surface area contributed by atoms with Crippen LogP contribution >= 0.6 is 0 Å². The van der Waals surface area contributed by atoms with Crippen LogP contribution in [0.4, 0.5) is 0 Å². The van der Waals surface area contributed by atoms with Crippen molar-refractivity contribution in [2.45, 2.75) is 0 Å². The van der Waals surface area contributed by atoms with Gasteiger partial charge in [0.1, 0.15) is 26.4 Å². The highest BCUT2D eigenvalue weighted by atomic mass is 16.6. The lowest BCUT2D eigenvalue weighted by molar-refractivity contribution is -0.143.